The minimum Gasteiger partial charge on any atom is -0.497 e. The van der Waals surface area contributed by atoms with Crippen molar-refractivity contribution in [3.05, 3.63) is 87.8 Å². The van der Waals surface area contributed by atoms with E-state index < -0.39 is 0 Å². The van der Waals surface area contributed by atoms with Crippen molar-refractivity contribution in [2.24, 2.45) is 0 Å². The van der Waals surface area contributed by atoms with Gasteiger partial charge in [-0.25, -0.2) is 0 Å². The van der Waals surface area contributed by atoms with Crippen LogP contribution in [0.4, 0.5) is 0 Å². The second-order valence-corrected chi connectivity index (χ2v) is 7.50. The summed E-state index contributed by atoms with van der Waals surface area (Å²) in [6, 6.07) is 17.3. The molecule has 0 bridgehead atoms. The van der Waals surface area contributed by atoms with E-state index >= 15 is 0 Å². The smallest absolute Gasteiger partial charge is 0.223 e. The Morgan fingerprint density at radius 2 is 1.57 bits per heavy atom. The molecular weight excluding hydrogens is 378 g/mol. The summed E-state index contributed by atoms with van der Waals surface area (Å²) in [4.78, 5) is 12.3. The predicted octanol–water partition coefficient (Wildman–Crippen LogP) is 4.95. The molecule has 0 saturated heterocycles. The van der Waals surface area contributed by atoms with Gasteiger partial charge in [0, 0.05) is 12.3 Å². The molecular formula is C25H29NO4. The Labute approximate surface area is 177 Å². The second-order valence-electron chi connectivity index (χ2n) is 7.50. The van der Waals surface area contributed by atoms with Crippen molar-refractivity contribution in [3.63, 3.8) is 0 Å². The fourth-order valence-electron chi connectivity index (χ4n) is 3.16. The Balaban J connectivity index is 1.61. The van der Waals surface area contributed by atoms with Crippen LogP contribution < -0.4 is 19.6 Å². The normalized spacial score (nSPS) is 10.8. The molecule has 0 amide bonds. The summed E-state index contributed by atoms with van der Waals surface area (Å²) in [7, 11) is 1.63. The van der Waals surface area contributed by atoms with Gasteiger partial charge < -0.3 is 18.8 Å². The summed E-state index contributed by atoms with van der Waals surface area (Å²) in [5, 5.41) is 0. The molecule has 0 radical (unpaired) electrons. The lowest BCUT2D eigenvalue weighted by Crippen LogP contribution is -2.17. The molecule has 1 heterocycles. The van der Waals surface area contributed by atoms with Crippen LogP contribution in [-0.2, 0) is 13.2 Å². The predicted molar refractivity (Wildman–Crippen MR) is 119 cm³/mol. The molecule has 0 aliphatic rings. The van der Waals surface area contributed by atoms with E-state index in [0.29, 0.717) is 31.4 Å². The fourth-order valence-corrected chi connectivity index (χ4v) is 3.16. The summed E-state index contributed by atoms with van der Waals surface area (Å²) in [6.07, 6.45) is 1.78. The van der Waals surface area contributed by atoms with Crippen molar-refractivity contribution in [2.75, 3.05) is 13.7 Å². The maximum atomic E-state index is 12.3. The van der Waals surface area contributed by atoms with Gasteiger partial charge in [0.05, 0.1) is 19.3 Å². The maximum Gasteiger partial charge on any atom is 0.223 e. The highest BCUT2D eigenvalue weighted by atomic mass is 16.5. The molecule has 0 aliphatic carbocycles. The lowest BCUT2D eigenvalue weighted by molar-refractivity contribution is 0.283. The third kappa shape index (κ3) is 5.44. The summed E-state index contributed by atoms with van der Waals surface area (Å²) in [6.45, 7) is 7.68. The standard InChI is InChI=1S/C25H29NO4/c1-18(2)21-7-5-20(6-8-21)17-30-25-19(3)26(14-13-24(25)27)15-16-29-23-11-9-22(28-4)10-12-23/h5-14,18H,15-17H2,1-4H3. The molecule has 3 aromatic rings. The van der Waals surface area contributed by atoms with E-state index in [0.717, 1.165) is 22.8 Å². The average Bonchev–Trinajstić information content (AvgIpc) is 2.76. The Kier molecular flexibility index (Phi) is 7.17. The molecule has 0 aliphatic heterocycles. The van der Waals surface area contributed by atoms with E-state index in [2.05, 4.69) is 38.1 Å². The van der Waals surface area contributed by atoms with Gasteiger partial charge in [0.2, 0.25) is 5.43 Å². The molecule has 30 heavy (non-hydrogen) atoms. The minimum absolute atomic E-state index is 0.112. The molecule has 158 valence electrons. The first-order chi connectivity index (χ1) is 14.5. The number of nitrogens with zero attached hydrogens (tertiary/aromatic N) is 1. The van der Waals surface area contributed by atoms with Gasteiger partial charge in [-0.2, -0.15) is 0 Å². The maximum absolute atomic E-state index is 12.3. The Hall–Kier alpha value is -3.21. The molecule has 2 aromatic carbocycles. The van der Waals surface area contributed by atoms with Crippen molar-refractivity contribution in [1.82, 2.24) is 4.57 Å². The van der Waals surface area contributed by atoms with Crippen LogP contribution in [0.2, 0.25) is 0 Å². The molecule has 3 rings (SSSR count). The SMILES string of the molecule is COc1ccc(OCCn2ccc(=O)c(OCc3ccc(C(C)C)cc3)c2C)cc1. The topological polar surface area (TPSA) is 49.7 Å². The number of aromatic nitrogens is 1. The summed E-state index contributed by atoms with van der Waals surface area (Å²) in [5.41, 5.74) is 3.00. The minimum atomic E-state index is -0.112. The monoisotopic (exact) mass is 407 g/mol. The van der Waals surface area contributed by atoms with E-state index in [1.807, 2.05) is 35.8 Å². The number of hydrogen-bond acceptors (Lipinski definition) is 4. The molecule has 5 heteroatoms. The Morgan fingerprint density at radius 1 is 0.900 bits per heavy atom. The van der Waals surface area contributed by atoms with Gasteiger partial charge in [0.15, 0.2) is 5.75 Å². The van der Waals surface area contributed by atoms with Crippen LogP contribution in [0.15, 0.2) is 65.6 Å². The van der Waals surface area contributed by atoms with Crippen LogP contribution in [0.25, 0.3) is 0 Å². The number of pyridine rings is 1. The molecule has 1 aromatic heterocycles. The van der Waals surface area contributed by atoms with Gasteiger partial charge in [-0.05, 0) is 48.2 Å². The zero-order chi connectivity index (χ0) is 21.5. The largest absolute Gasteiger partial charge is 0.497 e. The first kappa shape index (κ1) is 21.5. The van der Waals surface area contributed by atoms with Gasteiger partial charge in [0.25, 0.3) is 0 Å². The van der Waals surface area contributed by atoms with Gasteiger partial charge >= 0.3 is 0 Å². The first-order valence-electron chi connectivity index (χ1n) is 10.2. The van der Waals surface area contributed by atoms with Crippen LogP contribution in [0.1, 0.15) is 36.6 Å². The van der Waals surface area contributed by atoms with Crippen molar-refractivity contribution in [3.8, 4) is 17.2 Å². The van der Waals surface area contributed by atoms with Crippen LogP contribution in [0.5, 0.6) is 17.2 Å². The van der Waals surface area contributed by atoms with Gasteiger partial charge in [-0.15, -0.1) is 0 Å². The average molecular weight is 408 g/mol. The number of rotatable bonds is 9. The molecule has 0 N–H and O–H groups in total. The zero-order valence-electron chi connectivity index (χ0n) is 18.1. The van der Waals surface area contributed by atoms with Gasteiger partial charge in [-0.1, -0.05) is 38.1 Å². The van der Waals surface area contributed by atoms with E-state index in [1.54, 1.807) is 13.3 Å². The Bertz CT molecular complexity index is 1000. The molecule has 0 fully saturated rings. The summed E-state index contributed by atoms with van der Waals surface area (Å²) < 4.78 is 18.8. The Morgan fingerprint density at radius 3 is 2.20 bits per heavy atom. The highest BCUT2D eigenvalue weighted by molar-refractivity contribution is 5.31. The lowest BCUT2D eigenvalue weighted by Gasteiger charge is -2.16. The molecule has 0 spiro atoms. The molecule has 5 nitrogen and oxygen atoms in total. The van der Waals surface area contributed by atoms with Gasteiger partial charge in [0.1, 0.15) is 24.7 Å². The molecule has 0 saturated carbocycles. The number of hydrogen-bond donors (Lipinski definition) is 0. The lowest BCUT2D eigenvalue weighted by atomic mass is 10.0. The van der Waals surface area contributed by atoms with Crippen LogP contribution >= 0.6 is 0 Å². The fraction of sp³-hybridized carbons (Fsp3) is 0.320. The highest BCUT2D eigenvalue weighted by Gasteiger charge is 2.10. The summed E-state index contributed by atoms with van der Waals surface area (Å²) in [5.74, 6) is 2.44. The van der Waals surface area contributed by atoms with Crippen molar-refractivity contribution in [1.29, 1.82) is 0 Å². The van der Waals surface area contributed by atoms with Crippen LogP contribution in [-0.4, -0.2) is 18.3 Å². The quantitative estimate of drug-likeness (QED) is 0.504. The molecule has 0 unspecified atom stereocenters. The summed E-state index contributed by atoms with van der Waals surface area (Å²) >= 11 is 0. The third-order valence-corrected chi connectivity index (χ3v) is 5.08. The van der Waals surface area contributed by atoms with Gasteiger partial charge in [-0.3, -0.25) is 4.79 Å². The zero-order valence-corrected chi connectivity index (χ0v) is 18.1. The number of methoxy groups -OCH3 is 1. The van der Waals surface area contributed by atoms with E-state index in [-0.39, 0.29) is 5.43 Å². The van der Waals surface area contributed by atoms with E-state index in [9.17, 15) is 4.79 Å². The van der Waals surface area contributed by atoms with Crippen molar-refractivity contribution in [2.45, 2.75) is 39.8 Å². The van der Waals surface area contributed by atoms with E-state index in [4.69, 9.17) is 14.2 Å². The first-order valence-corrected chi connectivity index (χ1v) is 10.2. The van der Waals surface area contributed by atoms with Crippen molar-refractivity contribution >= 4 is 0 Å². The van der Waals surface area contributed by atoms with E-state index in [1.165, 1.54) is 11.6 Å². The number of benzene rings is 2. The highest BCUT2D eigenvalue weighted by Crippen LogP contribution is 2.19. The number of ether oxygens (including phenoxy) is 3. The van der Waals surface area contributed by atoms with Crippen LogP contribution in [0, 0.1) is 6.92 Å². The second kappa shape index (κ2) is 10.0. The van der Waals surface area contributed by atoms with Crippen LogP contribution in [0.3, 0.4) is 0 Å². The third-order valence-electron chi connectivity index (χ3n) is 5.08. The van der Waals surface area contributed by atoms with Crippen molar-refractivity contribution < 1.29 is 14.2 Å². The molecule has 0 atom stereocenters.